The second-order valence-corrected chi connectivity index (χ2v) is 5.53. The normalized spacial score (nSPS) is 15.2. The smallest absolute Gasteiger partial charge is 0.0105 e. The van der Waals surface area contributed by atoms with Crippen LogP contribution in [0.1, 0.15) is 48.0 Å². The van der Waals surface area contributed by atoms with Crippen LogP contribution in [0.15, 0.2) is 0 Å². The van der Waals surface area contributed by atoms with Crippen LogP contribution in [0, 0.1) is 5.92 Å². The van der Waals surface area contributed by atoms with Gasteiger partial charge in [-0.1, -0.05) is 34.6 Å². The maximum absolute atomic E-state index is 3.47. The first-order chi connectivity index (χ1) is 9.10. The van der Waals surface area contributed by atoms with E-state index in [0.717, 1.165) is 19.6 Å². The van der Waals surface area contributed by atoms with Gasteiger partial charge in [-0.3, -0.25) is 0 Å². The second kappa shape index (κ2) is 11.7. The lowest BCUT2D eigenvalue weighted by atomic mass is 10.0. The summed E-state index contributed by atoms with van der Waals surface area (Å²) in [6.07, 6.45) is 1.29. The molecule has 116 valence electrons. The molecule has 0 aliphatic heterocycles. The minimum Gasteiger partial charge on any atom is -0.317 e. The fourth-order valence-electron chi connectivity index (χ4n) is 2.59. The SMILES string of the molecule is CCNCC(C)C(C)N(CC)CCCN(CC)CC. The van der Waals surface area contributed by atoms with Crippen molar-refractivity contribution in [1.82, 2.24) is 15.1 Å². The summed E-state index contributed by atoms with van der Waals surface area (Å²) >= 11 is 0. The Morgan fingerprint density at radius 2 is 1.53 bits per heavy atom. The van der Waals surface area contributed by atoms with Gasteiger partial charge in [0.2, 0.25) is 0 Å². The first-order valence-corrected chi connectivity index (χ1v) is 8.27. The maximum Gasteiger partial charge on any atom is 0.0105 e. The standard InChI is InChI=1S/C16H37N3/c1-7-17-14-15(5)16(6)19(10-4)13-11-12-18(8-2)9-3/h15-17H,7-14H2,1-6H3. The maximum atomic E-state index is 3.47. The first kappa shape index (κ1) is 18.9. The molecule has 0 fully saturated rings. The largest absolute Gasteiger partial charge is 0.317 e. The van der Waals surface area contributed by atoms with Crippen LogP contribution in [0.2, 0.25) is 0 Å². The highest BCUT2D eigenvalue weighted by molar-refractivity contribution is 4.74. The number of nitrogens with zero attached hydrogens (tertiary/aromatic N) is 2. The quantitative estimate of drug-likeness (QED) is 0.589. The van der Waals surface area contributed by atoms with Crippen LogP contribution in [0.25, 0.3) is 0 Å². The fraction of sp³-hybridized carbons (Fsp3) is 1.00. The molecule has 0 saturated heterocycles. The van der Waals surface area contributed by atoms with E-state index in [1.165, 1.54) is 32.6 Å². The Labute approximate surface area is 121 Å². The van der Waals surface area contributed by atoms with Gasteiger partial charge in [0, 0.05) is 6.04 Å². The fourth-order valence-corrected chi connectivity index (χ4v) is 2.59. The highest BCUT2D eigenvalue weighted by Gasteiger charge is 2.18. The van der Waals surface area contributed by atoms with Crippen molar-refractivity contribution in [2.75, 3.05) is 45.8 Å². The summed E-state index contributed by atoms with van der Waals surface area (Å²) in [7, 11) is 0. The zero-order valence-electron chi connectivity index (χ0n) is 14.2. The molecule has 3 nitrogen and oxygen atoms in total. The number of rotatable bonds is 12. The van der Waals surface area contributed by atoms with E-state index >= 15 is 0 Å². The Balaban J connectivity index is 4.03. The third-order valence-electron chi connectivity index (χ3n) is 4.34. The summed E-state index contributed by atoms with van der Waals surface area (Å²) in [4.78, 5) is 5.14. The van der Waals surface area contributed by atoms with Crippen molar-refractivity contribution in [3.05, 3.63) is 0 Å². The first-order valence-electron chi connectivity index (χ1n) is 8.27. The van der Waals surface area contributed by atoms with Crippen LogP contribution in [0.4, 0.5) is 0 Å². The molecule has 0 saturated carbocycles. The van der Waals surface area contributed by atoms with E-state index in [4.69, 9.17) is 0 Å². The molecular weight excluding hydrogens is 234 g/mol. The molecule has 0 aromatic carbocycles. The molecule has 0 heterocycles. The van der Waals surface area contributed by atoms with E-state index in [-0.39, 0.29) is 0 Å². The van der Waals surface area contributed by atoms with Crippen LogP contribution >= 0.6 is 0 Å². The topological polar surface area (TPSA) is 18.5 Å². The van der Waals surface area contributed by atoms with Gasteiger partial charge < -0.3 is 15.1 Å². The zero-order chi connectivity index (χ0) is 14.7. The Hall–Kier alpha value is -0.120. The molecule has 0 spiro atoms. The summed E-state index contributed by atoms with van der Waals surface area (Å²) in [5, 5.41) is 3.47. The Morgan fingerprint density at radius 1 is 0.895 bits per heavy atom. The summed E-state index contributed by atoms with van der Waals surface area (Å²) in [5.41, 5.74) is 0. The number of hydrogen-bond acceptors (Lipinski definition) is 3. The minimum atomic E-state index is 0.667. The molecule has 0 radical (unpaired) electrons. The molecule has 0 aromatic heterocycles. The van der Waals surface area contributed by atoms with Crippen LogP contribution < -0.4 is 5.32 Å². The highest BCUT2D eigenvalue weighted by atomic mass is 15.2. The van der Waals surface area contributed by atoms with E-state index < -0.39 is 0 Å². The summed E-state index contributed by atoms with van der Waals surface area (Å²) in [5.74, 6) is 0.716. The molecule has 0 rings (SSSR count). The van der Waals surface area contributed by atoms with Crippen molar-refractivity contribution in [3.8, 4) is 0 Å². The Bertz CT molecular complexity index is 192. The van der Waals surface area contributed by atoms with Crippen molar-refractivity contribution in [2.45, 2.75) is 54.0 Å². The molecule has 0 bridgehead atoms. The van der Waals surface area contributed by atoms with Crippen molar-refractivity contribution in [2.24, 2.45) is 5.92 Å². The van der Waals surface area contributed by atoms with Gasteiger partial charge in [0.1, 0.15) is 0 Å². The van der Waals surface area contributed by atoms with Gasteiger partial charge in [-0.05, 0) is 65.1 Å². The highest BCUT2D eigenvalue weighted by Crippen LogP contribution is 2.11. The van der Waals surface area contributed by atoms with Crippen molar-refractivity contribution in [3.63, 3.8) is 0 Å². The second-order valence-electron chi connectivity index (χ2n) is 5.53. The zero-order valence-corrected chi connectivity index (χ0v) is 14.2. The van der Waals surface area contributed by atoms with Gasteiger partial charge >= 0.3 is 0 Å². The van der Waals surface area contributed by atoms with Crippen LogP contribution in [-0.4, -0.2) is 61.7 Å². The van der Waals surface area contributed by atoms with E-state index in [2.05, 4.69) is 56.7 Å². The van der Waals surface area contributed by atoms with Gasteiger partial charge in [0.15, 0.2) is 0 Å². The van der Waals surface area contributed by atoms with Gasteiger partial charge in [-0.15, -0.1) is 0 Å². The third-order valence-corrected chi connectivity index (χ3v) is 4.34. The van der Waals surface area contributed by atoms with Gasteiger partial charge in [-0.2, -0.15) is 0 Å². The lowest BCUT2D eigenvalue weighted by molar-refractivity contribution is 0.157. The lowest BCUT2D eigenvalue weighted by Gasteiger charge is -2.33. The van der Waals surface area contributed by atoms with Crippen LogP contribution in [0.3, 0.4) is 0 Å². The van der Waals surface area contributed by atoms with Gasteiger partial charge in [0.05, 0.1) is 0 Å². The summed E-state index contributed by atoms with van der Waals surface area (Å²) in [6, 6.07) is 0.667. The molecule has 19 heavy (non-hydrogen) atoms. The van der Waals surface area contributed by atoms with Gasteiger partial charge in [0.25, 0.3) is 0 Å². The Morgan fingerprint density at radius 3 is 2.00 bits per heavy atom. The number of nitrogens with one attached hydrogen (secondary N) is 1. The van der Waals surface area contributed by atoms with Gasteiger partial charge in [-0.25, -0.2) is 0 Å². The predicted molar refractivity (Wildman–Crippen MR) is 86.8 cm³/mol. The molecule has 1 N–H and O–H groups in total. The van der Waals surface area contributed by atoms with E-state index in [1.54, 1.807) is 0 Å². The van der Waals surface area contributed by atoms with E-state index in [9.17, 15) is 0 Å². The monoisotopic (exact) mass is 271 g/mol. The lowest BCUT2D eigenvalue weighted by Crippen LogP contribution is -2.42. The van der Waals surface area contributed by atoms with Crippen molar-refractivity contribution < 1.29 is 0 Å². The van der Waals surface area contributed by atoms with Crippen molar-refractivity contribution in [1.29, 1.82) is 0 Å². The average molecular weight is 271 g/mol. The minimum absolute atomic E-state index is 0.667. The predicted octanol–water partition coefficient (Wildman–Crippen LogP) is 2.67. The molecule has 3 heteroatoms. The summed E-state index contributed by atoms with van der Waals surface area (Å²) in [6.45, 7) is 21.9. The molecule has 0 amide bonds. The van der Waals surface area contributed by atoms with Crippen LogP contribution in [-0.2, 0) is 0 Å². The molecule has 0 aromatic rings. The Kier molecular flexibility index (Phi) is 11.6. The number of hydrogen-bond donors (Lipinski definition) is 1. The summed E-state index contributed by atoms with van der Waals surface area (Å²) < 4.78 is 0. The molecule has 2 atom stereocenters. The van der Waals surface area contributed by atoms with E-state index in [0.29, 0.717) is 12.0 Å². The third kappa shape index (κ3) is 7.91. The molecule has 2 unspecified atom stereocenters. The van der Waals surface area contributed by atoms with Crippen molar-refractivity contribution >= 4 is 0 Å². The molecule has 0 aliphatic carbocycles. The van der Waals surface area contributed by atoms with E-state index in [1.807, 2.05) is 0 Å². The molecular formula is C16H37N3. The average Bonchev–Trinajstić information content (AvgIpc) is 2.44. The van der Waals surface area contributed by atoms with Crippen LogP contribution in [0.5, 0.6) is 0 Å². The molecule has 0 aliphatic rings.